The fourth-order valence-electron chi connectivity index (χ4n) is 1.65. The summed E-state index contributed by atoms with van der Waals surface area (Å²) in [4.78, 5) is 4.24. The number of hydrogen-bond donors (Lipinski definition) is 1. The fourth-order valence-corrected chi connectivity index (χ4v) is 2.32. The number of alkyl halides is 1. The highest BCUT2D eigenvalue weighted by atomic mass is 79.9. The van der Waals surface area contributed by atoms with Crippen LogP contribution in [0.2, 0.25) is 0 Å². The first kappa shape index (κ1) is 13.8. The lowest BCUT2D eigenvalue weighted by Crippen LogP contribution is -2.23. The lowest BCUT2D eigenvalue weighted by atomic mass is 9.99. The number of aromatic nitrogens is 1. The molecule has 1 unspecified atom stereocenters. The zero-order valence-corrected chi connectivity index (χ0v) is 12.1. The maximum Gasteiger partial charge on any atom is 0.126 e. The van der Waals surface area contributed by atoms with E-state index in [0.29, 0.717) is 5.92 Å². The number of anilines is 1. The first-order valence-electron chi connectivity index (χ1n) is 5.66. The number of halogens is 2. The summed E-state index contributed by atoms with van der Waals surface area (Å²) in [6.45, 7) is 5.13. The highest BCUT2D eigenvalue weighted by Crippen LogP contribution is 2.19. The Hall–Kier alpha value is -0.280. The Morgan fingerprint density at radius 2 is 2.06 bits per heavy atom. The van der Waals surface area contributed by atoms with E-state index in [1.165, 1.54) is 0 Å². The summed E-state index contributed by atoms with van der Waals surface area (Å²) in [6, 6.07) is 3.91. The van der Waals surface area contributed by atoms with Gasteiger partial charge in [-0.25, -0.2) is 4.98 Å². The molecule has 90 valence electrons. The second-order valence-electron chi connectivity index (χ2n) is 3.84. The van der Waals surface area contributed by atoms with Gasteiger partial charge in [0.1, 0.15) is 5.82 Å². The smallest absolute Gasteiger partial charge is 0.126 e. The van der Waals surface area contributed by atoms with Crippen molar-refractivity contribution in [2.75, 3.05) is 11.9 Å². The summed E-state index contributed by atoms with van der Waals surface area (Å²) >= 11 is 9.68. The molecule has 0 saturated carbocycles. The second kappa shape index (κ2) is 7.13. The summed E-state index contributed by atoms with van der Waals surface area (Å²) < 4.78 is 0.987. The third kappa shape index (κ3) is 4.30. The van der Waals surface area contributed by atoms with Crippen molar-refractivity contribution in [1.82, 2.24) is 4.98 Å². The van der Waals surface area contributed by atoms with Gasteiger partial charge in [0.2, 0.25) is 0 Å². The molecule has 0 saturated heterocycles. The van der Waals surface area contributed by atoms with Crippen LogP contribution in [0.3, 0.4) is 0 Å². The molecular weight excluding hydrogens is 288 g/mol. The summed E-state index contributed by atoms with van der Waals surface area (Å²) in [5.41, 5.74) is 0. The molecule has 0 bridgehead atoms. The highest BCUT2D eigenvalue weighted by Gasteiger charge is 2.15. The zero-order valence-electron chi connectivity index (χ0n) is 9.71. The van der Waals surface area contributed by atoms with Crippen LogP contribution in [0.5, 0.6) is 0 Å². The van der Waals surface area contributed by atoms with E-state index in [0.717, 1.165) is 29.7 Å². The van der Waals surface area contributed by atoms with E-state index in [1.54, 1.807) is 6.20 Å². The Morgan fingerprint density at radius 1 is 1.38 bits per heavy atom. The molecule has 1 heterocycles. The quantitative estimate of drug-likeness (QED) is 0.793. The van der Waals surface area contributed by atoms with Gasteiger partial charge in [-0.2, -0.15) is 0 Å². The largest absolute Gasteiger partial charge is 0.369 e. The molecule has 1 atom stereocenters. The SMILES string of the molecule is CCC(CC)C(Cl)CNc1ccc(Br)cn1. The molecule has 0 aliphatic heterocycles. The van der Waals surface area contributed by atoms with Crippen molar-refractivity contribution < 1.29 is 0 Å². The molecule has 0 radical (unpaired) electrons. The molecule has 0 aliphatic rings. The van der Waals surface area contributed by atoms with Crippen LogP contribution in [0.1, 0.15) is 26.7 Å². The van der Waals surface area contributed by atoms with Crippen molar-refractivity contribution in [3.8, 4) is 0 Å². The van der Waals surface area contributed by atoms with Gasteiger partial charge in [0.05, 0.1) is 5.38 Å². The Morgan fingerprint density at radius 3 is 2.56 bits per heavy atom. The number of pyridine rings is 1. The predicted octanol–water partition coefficient (Wildman–Crippen LogP) is 4.30. The Kier molecular flexibility index (Phi) is 6.14. The molecule has 0 spiro atoms. The summed E-state index contributed by atoms with van der Waals surface area (Å²) in [6.07, 6.45) is 4.03. The molecule has 2 nitrogen and oxygen atoms in total. The Balaban J connectivity index is 2.42. The van der Waals surface area contributed by atoms with E-state index >= 15 is 0 Å². The lowest BCUT2D eigenvalue weighted by molar-refractivity contribution is 0.475. The topological polar surface area (TPSA) is 24.9 Å². The van der Waals surface area contributed by atoms with E-state index in [2.05, 4.69) is 40.1 Å². The predicted molar refractivity (Wildman–Crippen MR) is 74.1 cm³/mol. The van der Waals surface area contributed by atoms with Gasteiger partial charge in [0.15, 0.2) is 0 Å². The number of rotatable bonds is 6. The van der Waals surface area contributed by atoms with Crippen molar-refractivity contribution in [2.45, 2.75) is 32.1 Å². The minimum absolute atomic E-state index is 0.167. The van der Waals surface area contributed by atoms with E-state index in [9.17, 15) is 0 Å². The minimum atomic E-state index is 0.167. The molecule has 1 N–H and O–H groups in total. The van der Waals surface area contributed by atoms with Crippen LogP contribution in [-0.4, -0.2) is 16.9 Å². The molecular formula is C12H18BrClN2. The molecule has 1 rings (SSSR count). The number of hydrogen-bond acceptors (Lipinski definition) is 2. The van der Waals surface area contributed by atoms with Gasteiger partial charge in [-0.1, -0.05) is 26.7 Å². The molecule has 0 aliphatic carbocycles. The van der Waals surface area contributed by atoms with Crippen LogP contribution >= 0.6 is 27.5 Å². The molecule has 0 amide bonds. The van der Waals surface area contributed by atoms with Crippen molar-refractivity contribution in [3.05, 3.63) is 22.8 Å². The molecule has 0 aromatic carbocycles. The van der Waals surface area contributed by atoms with E-state index in [1.807, 2.05) is 12.1 Å². The van der Waals surface area contributed by atoms with Gasteiger partial charge in [-0.15, -0.1) is 11.6 Å². The standard InChI is InChI=1S/C12H18BrClN2/c1-3-9(4-2)11(14)8-16-12-6-5-10(13)7-15-12/h5-7,9,11H,3-4,8H2,1-2H3,(H,15,16). The van der Waals surface area contributed by atoms with Crippen molar-refractivity contribution in [3.63, 3.8) is 0 Å². The molecule has 4 heteroatoms. The van der Waals surface area contributed by atoms with E-state index < -0.39 is 0 Å². The van der Waals surface area contributed by atoms with Crippen LogP contribution < -0.4 is 5.32 Å². The monoisotopic (exact) mass is 304 g/mol. The fraction of sp³-hybridized carbons (Fsp3) is 0.583. The van der Waals surface area contributed by atoms with Crippen LogP contribution in [0.4, 0.5) is 5.82 Å². The van der Waals surface area contributed by atoms with E-state index in [4.69, 9.17) is 11.6 Å². The van der Waals surface area contributed by atoms with Gasteiger partial charge in [0, 0.05) is 17.2 Å². The minimum Gasteiger partial charge on any atom is -0.369 e. The van der Waals surface area contributed by atoms with Crippen LogP contribution in [-0.2, 0) is 0 Å². The van der Waals surface area contributed by atoms with Crippen LogP contribution in [0.15, 0.2) is 22.8 Å². The maximum absolute atomic E-state index is 6.33. The van der Waals surface area contributed by atoms with Crippen molar-refractivity contribution in [1.29, 1.82) is 0 Å². The van der Waals surface area contributed by atoms with Gasteiger partial charge in [-0.05, 0) is 34.0 Å². The van der Waals surface area contributed by atoms with Crippen LogP contribution in [0.25, 0.3) is 0 Å². The normalized spacial score (nSPS) is 12.8. The average Bonchev–Trinajstić information content (AvgIpc) is 2.30. The van der Waals surface area contributed by atoms with Gasteiger partial charge in [0.25, 0.3) is 0 Å². The summed E-state index contributed by atoms with van der Waals surface area (Å²) in [5.74, 6) is 1.45. The summed E-state index contributed by atoms with van der Waals surface area (Å²) in [7, 11) is 0. The summed E-state index contributed by atoms with van der Waals surface area (Å²) in [5, 5.41) is 3.42. The molecule has 1 aromatic rings. The molecule has 16 heavy (non-hydrogen) atoms. The Labute approximate surface area is 111 Å². The maximum atomic E-state index is 6.33. The van der Waals surface area contributed by atoms with Gasteiger partial charge >= 0.3 is 0 Å². The molecule has 0 fully saturated rings. The van der Waals surface area contributed by atoms with Crippen LogP contribution in [0, 0.1) is 5.92 Å². The third-order valence-corrected chi connectivity index (χ3v) is 3.75. The second-order valence-corrected chi connectivity index (χ2v) is 5.31. The number of nitrogens with one attached hydrogen (secondary N) is 1. The Bertz CT molecular complexity index is 298. The zero-order chi connectivity index (χ0) is 12.0. The first-order valence-corrected chi connectivity index (χ1v) is 6.89. The van der Waals surface area contributed by atoms with E-state index in [-0.39, 0.29) is 5.38 Å². The first-order chi connectivity index (χ1) is 7.67. The number of nitrogens with zero attached hydrogens (tertiary/aromatic N) is 1. The van der Waals surface area contributed by atoms with Gasteiger partial charge in [-0.3, -0.25) is 0 Å². The average molecular weight is 306 g/mol. The highest BCUT2D eigenvalue weighted by molar-refractivity contribution is 9.10. The van der Waals surface area contributed by atoms with Crippen molar-refractivity contribution >= 4 is 33.3 Å². The lowest BCUT2D eigenvalue weighted by Gasteiger charge is -2.19. The van der Waals surface area contributed by atoms with Gasteiger partial charge < -0.3 is 5.32 Å². The molecule has 1 aromatic heterocycles. The van der Waals surface area contributed by atoms with Crippen molar-refractivity contribution in [2.24, 2.45) is 5.92 Å². The third-order valence-electron chi connectivity index (χ3n) is 2.77.